The van der Waals surface area contributed by atoms with E-state index < -0.39 is 11.6 Å². The fourth-order valence-electron chi connectivity index (χ4n) is 1.97. The lowest BCUT2D eigenvalue weighted by molar-refractivity contribution is 0.190. The van der Waals surface area contributed by atoms with Crippen LogP contribution >= 0.6 is 0 Å². The molecule has 1 aliphatic heterocycles. The Morgan fingerprint density at radius 1 is 1.50 bits per heavy atom. The van der Waals surface area contributed by atoms with E-state index in [4.69, 9.17) is 4.74 Å². The summed E-state index contributed by atoms with van der Waals surface area (Å²) >= 11 is 0. The molecule has 1 N–H and O–H groups in total. The van der Waals surface area contributed by atoms with Crippen molar-refractivity contribution in [2.45, 2.75) is 19.4 Å². The number of aromatic nitrogens is 1. The molecule has 0 aromatic carbocycles. The third-order valence-corrected chi connectivity index (χ3v) is 2.87. The highest BCUT2D eigenvalue weighted by Gasteiger charge is 2.23. The van der Waals surface area contributed by atoms with Gasteiger partial charge >= 0.3 is 0 Å². The number of hydrogen-bond donors (Lipinski definition) is 1. The molecule has 1 atom stereocenters. The standard InChI is InChI=1S/C12H17F2N3O/c1-3-15-11-9(13)6-10(14)12(16-11)18-8-4-5-17(2)7-8/h6,8H,3-5,7H2,1-2H3,(H,15,16). The van der Waals surface area contributed by atoms with Crippen molar-refractivity contribution < 1.29 is 13.5 Å². The predicted molar refractivity (Wildman–Crippen MR) is 64.8 cm³/mol. The van der Waals surface area contributed by atoms with Crippen LogP contribution in [0.3, 0.4) is 0 Å². The largest absolute Gasteiger partial charge is 0.471 e. The van der Waals surface area contributed by atoms with Crippen LogP contribution in [0.5, 0.6) is 5.88 Å². The van der Waals surface area contributed by atoms with Crippen molar-refractivity contribution >= 4 is 5.82 Å². The van der Waals surface area contributed by atoms with Crippen molar-refractivity contribution in [3.05, 3.63) is 17.7 Å². The van der Waals surface area contributed by atoms with Gasteiger partial charge in [0.15, 0.2) is 17.5 Å². The van der Waals surface area contributed by atoms with E-state index in [-0.39, 0.29) is 17.8 Å². The molecule has 1 aromatic heterocycles. The Kier molecular flexibility index (Phi) is 3.96. The summed E-state index contributed by atoms with van der Waals surface area (Å²) in [5.74, 6) is -1.57. The molecule has 1 saturated heterocycles. The zero-order chi connectivity index (χ0) is 13.1. The zero-order valence-electron chi connectivity index (χ0n) is 10.5. The monoisotopic (exact) mass is 257 g/mol. The van der Waals surface area contributed by atoms with E-state index in [0.29, 0.717) is 6.54 Å². The molecular weight excluding hydrogens is 240 g/mol. The maximum absolute atomic E-state index is 13.6. The van der Waals surface area contributed by atoms with E-state index in [1.807, 2.05) is 14.0 Å². The summed E-state index contributed by atoms with van der Waals surface area (Å²) in [4.78, 5) is 5.94. The highest BCUT2D eigenvalue weighted by Crippen LogP contribution is 2.23. The van der Waals surface area contributed by atoms with Crippen LogP contribution in [-0.2, 0) is 0 Å². The summed E-state index contributed by atoms with van der Waals surface area (Å²) in [6.45, 7) is 3.97. The number of halogens is 2. The molecule has 6 heteroatoms. The minimum absolute atomic E-state index is 0.0280. The topological polar surface area (TPSA) is 37.4 Å². The van der Waals surface area contributed by atoms with Crippen molar-refractivity contribution in [3.8, 4) is 5.88 Å². The normalized spacial score (nSPS) is 20.1. The molecule has 0 aliphatic carbocycles. The number of anilines is 1. The van der Waals surface area contributed by atoms with Crippen LogP contribution in [0, 0.1) is 11.6 Å². The van der Waals surface area contributed by atoms with Gasteiger partial charge in [0, 0.05) is 25.7 Å². The summed E-state index contributed by atoms with van der Waals surface area (Å²) < 4.78 is 32.4. The Labute approximate surface area is 105 Å². The first-order valence-electron chi connectivity index (χ1n) is 6.05. The fraction of sp³-hybridized carbons (Fsp3) is 0.583. The number of nitrogens with zero attached hydrogens (tertiary/aromatic N) is 2. The summed E-state index contributed by atoms with van der Waals surface area (Å²) in [5.41, 5.74) is 0. The lowest BCUT2D eigenvalue weighted by atomic mass is 10.3. The maximum Gasteiger partial charge on any atom is 0.252 e. The van der Waals surface area contributed by atoms with Gasteiger partial charge in [-0.05, 0) is 20.4 Å². The molecule has 1 fully saturated rings. The third kappa shape index (κ3) is 2.87. The second-order valence-electron chi connectivity index (χ2n) is 4.43. The van der Waals surface area contributed by atoms with Gasteiger partial charge < -0.3 is 15.0 Å². The molecule has 0 spiro atoms. The zero-order valence-corrected chi connectivity index (χ0v) is 10.5. The lowest BCUT2D eigenvalue weighted by Crippen LogP contribution is -2.22. The Balaban J connectivity index is 2.14. The molecule has 0 bridgehead atoms. The van der Waals surface area contributed by atoms with Crippen LogP contribution in [0.1, 0.15) is 13.3 Å². The van der Waals surface area contributed by atoms with Gasteiger partial charge in [-0.2, -0.15) is 4.98 Å². The highest BCUT2D eigenvalue weighted by molar-refractivity contribution is 5.39. The summed E-state index contributed by atoms with van der Waals surface area (Å²) in [6, 6.07) is 0.805. The molecular formula is C12H17F2N3O. The third-order valence-electron chi connectivity index (χ3n) is 2.87. The number of hydrogen-bond acceptors (Lipinski definition) is 4. The quantitative estimate of drug-likeness (QED) is 0.893. The molecule has 0 amide bonds. The molecule has 2 heterocycles. The van der Waals surface area contributed by atoms with E-state index in [2.05, 4.69) is 15.2 Å². The maximum atomic E-state index is 13.6. The Hall–Kier alpha value is -1.43. The van der Waals surface area contributed by atoms with Crippen LogP contribution in [0.25, 0.3) is 0 Å². The summed E-state index contributed by atoms with van der Waals surface area (Å²) in [5, 5.41) is 2.73. The van der Waals surface area contributed by atoms with E-state index in [1.165, 1.54) is 0 Å². The van der Waals surface area contributed by atoms with Gasteiger partial charge in [-0.1, -0.05) is 0 Å². The Bertz CT molecular complexity index is 428. The van der Waals surface area contributed by atoms with Gasteiger partial charge in [0.1, 0.15) is 6.10 Å². The van der Waals surface area contributed by atoms with E-state index in [1.54, 1.807) is 0 Å². The predicted octanol–water partition coefficient (Wildman–Crippen LogP) is 1.87. The number of pyridine rings is 1. The minimum Gasteiger partial charge on any atom is -0.471 e. The Morgan fingerprint density at radius 2 is 2.28 bits per heavy atom. The number of rotatable bonds is 4. The fourth-order valence-corrected chi connectivity index (χ4v) is 1.97. The van der Waals surface area contributed by atoms with Crippen molar-refractivity contribution in [1.82, 2.24) is 9.88 Å². The second kappa shape index (κ2) is 5.48. The first-order valence-corrected chi connectivity index (χ1v) is 6.05. The lowest BCUT2D eigenvalue weighted by Gasteiger charge is -2.14. The minimum atomic E-state index is -0.760. The van der Waals surface area contributed by atoms with Gasteiger partial charge in [0.05, 0.1) is 0 Å². The van der Waals surface area contributed by atoms with Gasteiger partial charge in [0.2, 0.25) is 0 Å². The van der Waals surface area contributed by atoms with Crippen LogP contribution in [0.4, 0.5) is 14.6 Å². The Morgan fingerprint density at radius 3 is 2.89 bits per heavy atom. The number of likely N-dealkylation sites (tertiary alicyclic amines) is 1. The summed E-state index contributed by atoms with van der Waals surface area (Å²) in [7, 11) is 1.97. The van der Waals surface area contributed by atoms with Crippen LogP contribution in [0.15, 0.2) is 6.07 Å². The van der Waals surface area contributed by atoms with Crippen molar-refractivity contribution in [3.63, 3.8) is 0 Å². The number of likely N-dealkylation sites (N-methyl/N-ethyl adjacent to an activating group) is 1. The second-order valence-corrected chi connectivity index (χ2v) is 4.43. The molecule has 1 unspecified atom stereocenters. The van der Waals surface area contributed by atoms with Crippen molar-refractivity contribution in [1.29, 1.82) is 0 Å². The van der Waals surface area contributed by atoms with E-state index >= 15 is 0 Å². The molecule has 0 saturated carbocycles. The highest BCUT2D eigenvalue weighted by atomic mass is 19.1. The smallest absolute Gasteiger partial charge is 0.252 e. The number of ether oxygens (including phenoxy) is 1. The van der Waals surface area contributed by atoms with Gasteiger partial charge in [-0.15, -0.1) is 0 Å². The van der Waals surface area contributed by atoms with Gasteiger partial charge in [0.25, 0.3) is 5.88 Å². The molecule has 1 aromatic rings. The molecule has 4 nitrogen and oxygen atoms in total. The van der Waals surface area contributed by atoms with E-state index in [9.17, 15) is 8.78 Å². The molecule has 1 aliphatic rings. The number of nitrogens with one attached hydrogen (secondary N) is 1. The molecule has 0 radical (unpaired) electrons. The summed E-state index contributed by atoms with van der Waals surface area (Å²) in [6.07, 6.45) is 0.739. The first kappa shape index (κ1) is 13.0. The van der Waals surface area contributed by atoms with Crippen LogP contribution < -0.4 is 10.1 Å². The molecule has 18 heavy (non-hydrogen) atoms. The van der Waals surface area contributed by atoms with Crippen LogP contribution in [0.2, 0.25) is 0 Å². The first-order chi connectivity index (χ1) is 8.60. The van der Waals surface area contributed by atoms with Crippen molar-refractivity contribution in [2.24, 2.45) is 0 Å². The average Bonchev–Trinajstić information content (AvgIpc) is 2.71. The average molecular weight is 257 g/mol. The van der Waals surface area contributed by atoms with E-state index in [0.717, 1.165) is 25.6 Å². The van der Waals surface area contributed by atoms with Crippen molar-refractivity contribution in [2.75, 3.05) is 32.0 Å². The van der Waals surface area contributed by atoms with Gasteiger partial charge in [-0.25, -0.2) is 8.78 Å². The molecule has 100 valence electrons. The molecule has 2 rings (SSSR count). The SMILES string of the molecule is CCNc1nc(OC2CCN(C)C2)c(F)cc1F. The van der Waals surface area contributed by atoms with Gasteiger partial charge in [-0.3, -0.25) is 0 Å². The van der Waals surface area contributed by atoms with Crippen LogP contribution in [-0.4, -0.2) is 42.7 Å².